The Hall–Kier alpha value is 0.230. The molecule has 132 valence electrons. The van der Waals surface area contributed by atoms with Crippen molar-refractivity contribution in [3.8, 4) is 0 Å². The summed E-state index contributed by atoms with van der Waals surface area (Å²) in [5.74, 6) is 2.56. The van der Waals surface area contributed by atoms with Gasteiger partial charge in [0.2, 0.25) is 0 Å². The molecule has 1 heterocycles. The topological polar surface area (TPSA) is 60.7 Å². The molecule has 3 unspecified atom stereocenters. The summed E-state index contributed by atoms with van der Waals surface area (Å²) in [5.41, 5.74) is 0.204. The summed E-state index contributed by atoms with van der Waals surface area (Å²) in [5, 5.41) is 32.3. The summed E-state index contributed by atoms with van der Waals surface area (Å²) in [7, 11) is 0. The van der Waals surface area contributed by atoms with E-state index in [1.807, 2.05) is 11.8 Å². The molecule has 0 aromatic heterocycles. The van der Waals surface area contributed by atoms with Crippen LogP contribution < -0.4 is 0 Å². The van der Waals surface area contributed by atoms with E-state index in [2.05, 4.69) is 20.8 Å². The highest BCUT2D eigenvalue weighted by Crippen LogP contribution is 2.66. The van der Waals surface area contributed by atoms with Crippen molar-refractivity contribution in [2.75, 3.05) is 5.75 Å². The minimum Gasteiger partial charge on any atom is -0.393 e. The second kappa shape index (κ2) is 5.36. The zero-order valence-electron chi connectivity index (χ0n) is 14.6. The van der Waals surface area contributed by atoms with Crippen LogP contribution in [0.4, 0.5) is 0 Å². The fourth-order valence-corrected chi connectivity index (χ4v) is 8.94. The lowest BCUT2D eigenvalue weighted by Gasteiger charge is -2.61. The highest BCUT2D eigenvalue weighted by Gasteiger charge is 2.64. The number of aliphatic hydroxyl groups is 3. The number of hydrogen-bond donors (Lipinski definition) is 3. The first-order valence-corrected chi connectivity index (χ1v) is 10.5. The SMILES string of the molecule is C[C@@H]1CC2C3C(SC[C@]2(C)[C@H]1O)[C@@]1(C)CC[C@H](O)C[C@@H]1C[C@@H]3O. The molecule has 3 aliphatic carbocycles. The van der Waals surface area contributed by atoms with E-state index in [0.717, 1.165) is 37.9 Å². The standard InChI is InChI=1S/C19H32O3S/c1-10-6-13-15-14(21)8-11-7-12(20)4-5-18(11,2)17(15)23-9-19(13,3)16(10)22/h10-17,20-22H,4-9H2,1-3H3/t10-,11-,12+,13?,14+,15?,16+,17?,18+,19+/m1/s1. The normalized spacial score (nSPS) is 62.3. The molecule has 4 fully saturated rings. The Morgan fingerprint density at radius 1 is 1.00 bits per heavy atom. The summed E-state index contributed by atoms with van der Waals surface area (Å²) in [4.78, 5) is 0. The minimum atomic E-state index is -0.266. The third-order valence-corrected chi connectivity index (χ3v) is 10.2. The predicted octanol–water partition coefficient (Wildman–Crippen LogP) is 2.67. The Kier molecular flexibility index (Phi) is 3.89. The molecule has 0 radical (unpaired) electrons. The van der Waals surface area contributed by atoms with Gasteiger partial charge >= 0.3 is 0 Å². The van der Waals surface area contributed by atoms with Crippen LogP contribution in [0.5, 0.6) is 0 Å². The minimum absolute atomic E-state index is 0.0381. The van der Waals surface area contributed by atoms with E-state index in [4.69, 9.17) is 0 Å². The van der Waals surface area contributed by atoms with Crippen LogP contribution >= 0.6 is 11.8 Å². The first kappa shape index (κ1) is 16.7. The number of aliphatic hydroxyl groups excluding tert-OH is 3. The number of thioether (sulfide) groups is 1. The lowest BCUT2D eigenvalue weighted by atomic mass is 9.53. The van der Waals surface area contributed by atoms with Gasteiger partial charge in [0, 0.05) is 22.3 Å². The number of hydrogen-bond acceptors (Lipinski definition) is 4. The lowest BCUT2D eigenvalue weighted by Crippen LogP contribution is -2.61. The van der Waals surface area contributed by atoms with Gasteiger partial charge in [0.15, 0.2) is 0 Å². The van der Waals surface area contributed by atoms with Crippen LogP contribution in [-0.4, -0.2) is 44.6 Å². The second-order valence-corrected chi connectivity index (χ2v) is 10.6. The Bertz CT molecular complexity index is 485. The first-order valence-electron chi connectivity index (χ1n) is 9.43. The summed E-state index contributed by atoms with van der Waals surface area (Å²) in [6.07, 6.45) is 4.08. The van der Waals surface area contributed by atoms with Gasteiger partial charge in [-0.1, -0.05) is 20.8 Å². The van der Waals surface area contributed by atoms with Gasteiger partial charge in [-0.25, -0.2) is 0 Å². The van der Waals surface area contributed by atoms with Crippen LogP contribution in [0.3, 0.4) is 0 Å². The highest BCUT2D eigenvalue weighted by atomic mass is 32.2. The third-order valence-electron chi connectivity index (χ3n) is 8.20. The van der Waals surface area contributed by atoms with Crippen molar-refractivity contribution < 1.29 is 15.3 Å². The Morgan fingerprint density at radius 3 is 2.48 bits per heavy atom. The zero-order chi connectivity index (χ0) is 16.6. The van der Waals surface area contributed by atoms with E-state index in [0.29, 0.717) is 28.9 Å². The molecule has 0 aromatic carbocycles. The average molecular weight is 341 g/mol. The number of rotatable bonds is 0. The molecule has 0 amide bonds. The van der Waals surface area contributed by atoms with Gasteiger partial charge in [-0.15, -0.1) is 0 Å². The fourth-order valence-electron chi connectivity index (χ4n) is 6.73. The van der Waals surface area contributed by atoms with Gasteiger partial charge < -0.3 is 15.3 Å². The van der Waals surface area contributed by atoms with Gasteiger partial charge in [0.25, 0.3) is 0 Å². The molecular weight excluding hydrogens is 308 g/mol. The van der Waals surface area contributed by atoms with Crippen molar-refractivity contribution in [1.29, 1.82) is 0 Å². The molecule has 3 saturated carbocycles. The van der Waals surface area contributed by atoms with Crippen LogP contribution in [-0.2, 0) is 0 Å². The van der Waals surface area contributed by atoms with Crippen LogP contribution in [0.2, 0.25) is 0 Å². The first-order chi connectivity index (χ1) is 10.8. The Labute approximate surface area is 144 Å². The molecule has 4 rings (SSSR count). The van der Waals surface area contributed by atoms with Crippen molar-refractivity contribution in [3.05, 3.63) is 0 Å². The molecule has 4 heteroatoms. The molecule has 0 aromatic rings. The fraction of sp³-hybridized carbons (Fsp3) is 1.00. The van der Waals surface area contributed by atoms with E-state index in [-0.39, 0.29) is 29.1 Å². The smallest absolute Gasteiger partial charge is 0.0630 e. The molecular formula is C19H32O3S. The summed E-state index contributed by atoms with van der Waals surface area (Å²) in [6.45, 7) is 6.84. The van der Waals surface area contributed by atoms with E-state index < -0.39 is 0 Å². The van der Waals surface area contributed by atoms with Crippen molar-refractivity contribution in [2.24, 2.45) is 34.5 Å². The maximum atomic E-state index is 11.0. The van der Waals surface area contributed by atoms with Crippen LogP contribution in [0, 0.1) is 34.5 Å². The van der Waals surface area contributed by atoms with Crippen LogP contribution in [0.1, 0.15) is 52.9 Å². The molecule has 0 bridgehead atoms. The Morgan fingerprint density at radius 2 is 1.74 bits per heavy atom. The molecule has 3 N–H and O–H groups in total. The molecule has 1 saturated heterocycles. The molecule has 1 aliphatic heterocycles. The molecule has 10 atom stereocenters. The van der Waals surface area contributed by atoms with Crippen LogP contribution in [0.15, 0.2) is 0 Å². The van der Waals surface area contributed by atoms with Gasteiger partial charge in [-0.2, -0.15) is 11.8 Å². The second-order valence-electron chi connectivity index (χ2n) is 9.51. The van der Waals surface area contributed by atoms with Gasteiger partial charge in [0.1, 0.15) is 0 Å². The summed E-state index contributed by atoms with van der Waals surface area (Å²) < 4.78 is 0. The molecule has 0 spiro atoms. The summed E-state index contributed by atoms with van der Waals surface area (Å²) >= 11 is 2.02. The van der Waals surface area contributed by atoms with Gasteiger partial charge in [0.05, 0.1) is 18.3 Å². The molecule has 3 nitrogen and oxygen atoms in total. The van der Waals surface area contributed by atoms with Crippen LogP contribution in [0.25, 0.3) is 0 Å². The third kappa shape index (κ3) is 2.21. The van der Waals surface area contributed by atoms with Crippen molar-refractivity contribution in [1.82, 2.24) is 0 Å². The van der Waals surface area contributed by atoms with Crippen molar-refractivity contribution in [3.63, 3.8) is 0 Å². The zero-order valence-corrected chi connectivity index (χ0v) is 15.4. The quantitative estimate of drug-likeness (QED) is 0.634. The maximum absolute atomic E-state index is 11.0. The molecule has 4 aliphatic rings. The Balaban J connectivity index is 1.68. The largest absolute Gasteiger partial charge is 0.393 e. The highest BCUT2D eigenvalue weighted by molar-refractivity contribution is 8.00. The van der Waals surface area contributed by atoms with Crippen molar-refractivity contribution in [2.45, 2.75) is 76.4 Å². The van der Waals surface area contributed by atoms with Gasteiger partial charge in [-0.05, 0) is 55.3 Å². The van der Waals surface area contributed by atoms with E-state index >= 15 is 0 Å². The van der Waals surface area contributed by atoms with E-state index in [1.54, 1.807) is 0 Å². The lowest BCUT2D eigenvalue weighted by molar-refractivity contribution is -0.105. The van der Waals surface area contributed by atoms with Crippen molar-refractivity contribution >= 4 is 11.8 Å². The van der Waals surface area contributed by atoms with E-state index in [9.17, 15) is 15.3 Å². The maximum Gasteiger partial charge on any atom is 0.0630 e. The van der Waals surface area contributed by atoms with E-state index in [1.165, 1.54) is 0 Å². The molecule has 23 heavy (non-hydrogen) atoms. The number of fused-ring (bicyclic) bond motifs is 5. The predicted molar refractivity (Wildman–Crippen MR) is 93.2 cm³/mol. The average Bonchev–Trinajstić information content (AvgIpc) is 2.73. The summed E-state index contributed by atoms with van der Waals surface area (Å²) in [6, 6.07) is 0. The monoisotopic (exact) mass is 340 g/mol. The van der Waals surface area contributed by atoms with Gasteiger partial charge in [-0.3, -0.25) is 0 Å².